The van der Waals surface area contributed by atoms with Gasteiger partial charge in [-0.15, -0.1) is 0 Å². The monoisotopic (exact) mass is 236 g/mol. The van der Waals surface area contributed by atoms with Gasteiger partial charge in [-0.2, -0.15) is 0 Å². The van der Waals surface area contributed by atoms with Gasteiger partial charge in [-0.05, 0) is 30.0 Å². The lowest BCUT2D eigenvalue weighted by Crippen LogP contribution is -2.45. The summed E-state index contributed by atoms with van der Waals surface area (Å²) in [4.78, 5) is 11.5. The summed E-state index contributed by atoms with van der Waals surface area (Å²) in [6, 6.07) is 7.29. The van der Waals surface area contributed by atoms with Gasteiger partial charge >= 0.3 is 5.97 Å². The molecule has 17 heavy (non-hydrogen) atoms. The number of carbonyl (C=O) groups is 1. The summed E-state index contributed by atoms with van der Waals surface area (Å²) >= 11 is 0. The second-order valence-corrected chi connectivity index (χ2v) is 4.74. The van der Waals surface area contributed by atoms with Gasteiger partial charge in [-0.25, -0.2) is 0 Å². The largest absolute Gasteiger partial charge is 0.481 e. The molecule has 94 valence electrons. The van der Waals surface area contributed by atoms with Gasteiger partial charge in [0.15, 0.2) is 0 Å². The molecule has 0 amide bonds. The summed E-state index contributed by atoms with van der Waals surface area (Å²) in [5, 5.41) is 9.41. The first-order valence-electron chi connectivity index (χ1n) is 5.70. The quantitative estimate of drug-likeness (QED) is 0.676. The molecule has 0 bridgehead atoms. The van der Waals surface area contributed by atoms with Crippen LogP contribution in [0.4, 0.5) is 5.69 Å². The Morgan fingerprint density at radius 3 is 2.53 bits per heavy atom. The Hall–Kier alpha value is -1.55. The number of carboxylic acid groups (broad SMARTS) is 1. The lowest BCUT2D eigenvalue weighted by molar-refractivity contribution is -0.151. The molecular formula is C13H20N2O2. The van der Waals surface area contributed by atoms with E-state index in [4.69, 9.17) is 11.5 Å². The van der Waals surface area contributed by atoms with Crippen LogP contribution in [0.1, 0.15) is 19.4 Å². The molecule has 0 aliphatic carbocycles. The van der Waals surface area contributed by atoms with Crippen LogP contribution in [0.2, 0.25) is 0 Å². The highest BCUT2D eigenvalue weighted by atomic mass is 16.4. The lowest BCUT2D eigenvalue weighted by Gasteiger charge is -2.32. The third-order valence-electron chi connectivity index (χ3n) is 3.37. The Morgan fingerprint density at radius 1 is 1.47 bits per heavy atom. The van der Waals surface area contributed by atoms with Crippen molar-refractivity contribution >= 4 is 11.7 Å². The Morgan fingerprint density at radius 2 is 2.12 bits per heavy atom. The maximum atomic E-state index is 11.5. The first-order chi connectivity index (χ1) is 7.92. The van der Waals surface area contributed by atoms with Crippen molar-refractivity contribution < 1.29 is 9.90 Å². The average molecular weight is 236 g/mol. The summed E-state index contributed by atoms with van der Waals surface area (Å²) < 4.78 is 0. The zero-order valence-electron chi connectivity index (χ0n) is 10.3. The van der Waals surface area contributed by atoms with Gasteiger partial charge in [-0.1, -0.05) is 26.0 Å². The van der Waals surface area contributed by atoms with E-state index < -0.39 is 11.4 Å². The van der Waals surface area contributed by atoms with E-state index in [1.165, 1.54) is 0 Å². The highest BCUT2D eigenvalue weighted by Gasteiger charge is 2.40. The Labute approximate surface area is 102 Å². The van der Waals surface area contributed by atoms with Crippen LogP contribution in [0, 0.1) is 11.3 Å². The summed E-state index contributed by atoms with van der Waals surface area (Å²) in [6.45, 7) is 3.88. The van der Waals surface area contributed by atoms with Crippen molar-refractivity contribution in [2.45, 2.75) is 20.3 Å². The number of aliphatic carboxylic acids is 1. The van der Waals surface area contributed by atoms with E-state index in [0.29, 0.717) is 12.1 Å². The van der Waals surface area contributed by atoms with E-state index in [2.05, 4.69) is 0 Å². The number of benzene rings is 1. The van der Waals surface area contributed by atoms with E-state index in [0.717, 1.165) is 5.56 Å². The smallest absolute Gasteiger partial charge is 0.311 e. The first-order valence-corrected chi connectivity index (χ1v) is 5.70. The summed E-state index contributed by atoms with van der Waals surface area (Å²) in [7, 11) is 0. The van der Waals surface area contributed by atoms with Crippen LogP contribution in [0.5, 0.6) is 0 Å². The second kappa shape index (κ2) is 5.19. The number of nitrogen functional groups attached to an aromatic ring is 1. The fourth-order valence-corrected chi connectivity index (χ4v) is 1.99. The highest BCUT2D eigenvalue weighted by molar-refractivity contribution is 5.76. The van der Waals surface area contributed by atoms with Crippen LogP contribution in [-0.2, 0) is 11.2 Å². The Bertz CT molecular complexity index is 404. The minimum Gasteiger partial charge on any atom is -0.481 e. The number of nitrogens with two attached hydrogens (primary N) is 2. The Balaban J connectivity index is 3.06. The lowest BCUT2D eigenvalue weighted by atomic mass is 9.72. The van der Waals surface area contributed by atoms with Crippen molar-refractivity contribution in [3.63, 3.8) is 0 Å². The molecule has 0 aliphatic heterocycles. The number of hydrogen-bond donors (Lipinski definition) is 3. The fraction of sp³-hybridized carbons (Fsp3) is 0.462. The van der Waals surface area contributed by atoms with Crippen LogP contribution in [0.15, 0.2) is 24.3 Å². The van der Waals surface area contributed by atoms with Crippen LogP contribution in [-0.4, -0.2) is 17.6 Å². The molecule has 4 nitrogen and oxygen atoms in total. The second-order valence-electron chi connectivity index (χ2n) is 4.74. The van der Waals surface area contributed by atoms with E-state index in [1.807, 2.05) is 26.0 Å². The fourth-order valence-electron chi connectivity index (χ4n) is 1.99. The summed E-state index contributed by atoms with van der Waals surface area (Å²) in [5.41, 5.74) is 12.0. The predicted octanol–water partition coefficient (Wildman–Crippen LogP) is 1.50. The zero-order valence-corrected chi connectivity index (χ0v) is 10.3. The SMILES string of the molecule is CC(C)C(CN)(Cc1cccc(N)c1)C(=O)O. The number of carboxylic acids is 1. The number of anilines is 1. The maximum absolute atomic E-state index is 11.5. The van der Waals surface area contributed by atoms with Crippen molar-refractivity contribution in [1.29, 1.82) is 0 Å². The average Bonchev–Trinajstić information content (AvgIpc) is 2.25. The molecule has 1 rings (SSSR count). The molecule has 1 aromatic carbocycles. The molecule has 0 heterocycles. The molecule has 1 atom stereocenters. The molecule has 0 aliphatic rings. The normalized spacial score (nSPS) is 14.6. The van der Waals surface area contributed by atoms with Crippen LogP contribution < -0.4 is 11.5 Å². The van der Waals surface area contributed by atoms with Crippen molar-refractivity contribution in [2.24, 2.45) is 17.1 Å². The third-order valence-corrected chi connectivity index (χ3v) is 3.37. The van der Waals surface area contributed by atoms with Gasteiger partial charge in [-0.3, -0.25) is 4.79 Å². The van der Waals surface area contributed by atoms with Crippen molar-refractivity contribution in [1.82, 2.24) is 0 Å². The molecule has 0 aromatic heterocycles. The molecule has 4 heteroatoms. The molecule has 0 fully saturated rings. The predicted molar refractivity (Wildman–Crippen MR) is 68.5 cm³/mol. The zero-order chi connectivity index (χ0) is 13.1. The molecule has 1 unspecified atom stereocenters. The van der Waals surface area contributed by atoms with E-state index in [1.54, 1.807) is 12.1 Å². The number of hydrogen-bond acceptors (Lipinski definition) is 3. The minimum absolute atomic E-state index is 0.0357. The molecule has 0 radical (unpaired) electrons. The number of rotatable bonds is 5. The standard InChI is InChI=1S/C13H20N2O2/c1-9(2)13(8-14,12(16)17)7-10-4-3-5-11(15)6-10/h3-6,9H,7-8,14-15H2,1-2H3,(H,16,17). The van der Waals surface area contributed by atoms with Crippen LogP contribution >= 0.6 is 0 Å². The molecule has 0 saturated carbocycles. The van der Waals surface area contributed by atoms with Crippen molar-refractivity contribution in [2.75, 3.05) is 12.3 Å². The maximum Gasteiger partial charge on any atom is 0.311 e. The summed E-state index contributed by atoms with van der Waals surface area (Å²) in [5.74, 6) is -0.885. The van der Waals surface area contributed by atoms with E-state index in [-0.39, 0.29) is 12.5 Å². The highest BCUT2D eigenvalue weighted by Crippen LogP contribution is 2.31. The van der Waals surface area contributed by atoms with Crippen molar-refractivity contribution in [3.05, 3.63) is 29.8 Å². The topological polar surface area (TPSA) is 89.3 Å². The Kier molecular flexibility index (Phi) is 4.12. The van der Waals surface area contributed by atoms with E-state index in [9.17, 15) is 9.90 Å². The van der Waals surface area contributed by atoms with Gasteiger partial charge in [0.2, 0.25) is 0 Å². The molecular weight excluding hydrogens is 216 g/mol. The van der Waals surface area contributed by atoms with Crippen LogP contribution in [0.25, 0.3) is 0 Å². The van der Waals surface area contributed by atoms with Gasteiger partial charge in [0, 0.05) is 12.2 Å². The third kappa shape index (κ3) is 2.77. The molecule has 0 saturated heterocycles. The first kappa shape index (κ1) is 13.5. The van der Waals surface area contributed by atoms with E-state index >= 15 is 0 Å². The summed E-state index contributed by atoms with van der Waals surface area (Å²) in [6.07, 6.45) is 0.404. The molecule has 1 aromatic rings. The molecule has 5 N–H and O–H groups in total. The van der Waals surface area contributed by atoms with Gasteiger partial charge < -0.3 is 16.6 Å². The van der Waals surface area contributed by atoms with Gasteiger partial charge in [0.05, 0.1) is 5.41 Å². The molecule has 0 spiro atoms. The van der Waals surface area contributed by atoms with Crippen LogP contribution in [0.3, 0.4) is 0 Å². The minimum atomic E-state index is -0.923. The van der Waals surface area contributed by atoms with Gasteiger partial charge in [0.1, 0.15) is 0 Å². The van der Waals surface area contributed by atoms with Crippen molar-refractivity contribution in [3.8, 4) is 0 Å². The van der Waals surface area contributed by atoms with Gasteiger partial charge in [0.25, 0.3) is 0 Å².